The summed E-state index contributed by atoms with van der Waals surface area (Å²) in [4.78, 5) is 12.0. The number of para-hydroxylation sites is 1. The molecule has 0 unspecified atom stereocenters. The number of Topliss-reactive ketones (excluding diaryl/α,β-unsaturated/α-hetero) is 1. The van der Waals surface area contributed by atoms with Gasteiger partial charge in [0.2, 0.25) is 0 Å². The van der Waals surface area contributed by atoms with E-state index < -0.39 is 0 Å². The number of aromatic nitrogens is 3. The summed E-state index contributed by atoms with van der Waals surface area (Å²) in [6.07, 6.45) is 0. The Morgan fingerprint density at radius 1 is 1.03 bits per heavy atom. The molecule has 3 aromatic carbocycles. The fourth-order valence-corrected chi connectivity index (χ4v) is 4.22. The number of ketones is 1. The van der Waals surface area contributed by atoms with Crippen LogP contribution in [0.15, 0.2) is 71.8 Å². The van der Waals surface area contributed by atoms with Crippen LogP contribution < -0.4 is 9.75 Å². The Kier molecular flexibility index (Phi) is 5.63. The van der Waals surface area contributed by atoms with Crippen LogP contribution in [0.1, 0.15) is 39.8 Å². The smallest absolute Gasteiger partial charge is 0.252 e. The Balaban J connectivity index is 1.72. The van der Waals surface area contributed by atoms with Crippen molar-refractivity contribution in [1.29, 1.82) is 0 Å². The molecule has 7 nitrogen and oxygen atoms in total. The van der Waals surface area contributed by atoms with Crippen molar-refractivity contribution in [3.63, 3.8) is 0 Å². The number of hydrogen-bond acceptors (Lipinski definition) is 6. The van der Waals surface area contributed by atoms with Crippen LogP contribution >= 0.6 is 11.6 Å². The van der Waals surface area contributed by atoms with E-state index in [0.29, 0.717) is 28.8 Å². The summed E-state index contributed by atoms with van der Waals surface area (Å²) in [6.45, 7) is 3.79. The Bertz CT molecular complexity index is 1430. The van der Waals surface area contributed by atoms with Gasteiger partial charge in [-0.2, -0.15) is 5.10 Å². The third-order valence-electron chi connectivity index (χ3n) is 5.78. The van der Waals surface area contributed by atoms with E-state index in [9.17, 15) is 4.79 Å². The number of aryl methyl sites for hydroxylation is 1. The molecule has 0 spiro atoms. The van der Waals surface area contributed by atoms with Crippen LogP contribution in [0, 0.1) is 6.92 Å². The van der Waals surface area contributed by atoms with Crippen LogP contribution in [0.2, 0.25) is 5.02 Å². The summed E-state index contributed by atoms with van der Waals surface area (Å²) < 4.78 is 7.58. The molecule has 0 aliphatic carbocycles. The molecule has 0 saturated carbocycles. The van der Waals surface area contributed by atoms with Crippen molar-refractivity contribution in [2.24, 2.45) is 5.10 Å². The van der Waals surface area contributed by atoms with E-state index in [-0.39, 0.29) is 5.78 Å². The maximum absolute atomic E-state index is 12.0. The number of methoxy groups -OCH3 is 1. The van der Waals surface area contributed by atoms with Crippen LogP contribution in [0.4, 0.5) is 5.95 Å². The lowest BCUT2D eigenvalue weighted by Gasteiger charge is -2.19. The zero-order chi connectivity index (χ0) is 23.8. The quantitative estimate of drug-likeness (QED) is 0.373. The first-order valence-corrected chi connectivity index (χ1v) is 11.2. The van der Waals surface area contributed by atoms with Gasteiger partial charge in [0.1, 0.15) is 17.3 Å². The minimum Gasteiger partial charge on any atom is -0.496 e. The molecule has 0 atom stereocenters. The highest BCUT2D eigenvalue weighted by Gasteiger charge is 2.27. The number of hydrazone groups is 1. The van der Waals surface area contributed by atoms with Crippen molar-refractivity contribution < 1.29 is 9.53 Å². The number of nitrogens with zero attached hydrogens (tertiary/aromatic N) is 5. The first kappa shape index (κ1) is 21.9. The average molecular weight is 472 g/mol. The minimum atomic E-state index is -0.0171. The lowest BCUT2D eigenvalue weighted by Crippen LogP contribution is -2.21. The van der Waals surface area contributed by atoms with Crippen LogP contribution in [0.5, 0.6) is 5.75 Å². The van der Waals surface area contributed by atoms with Gasteiger partial charge in [0.05, 0.1) is 19.3 Å². The molecular weight excluding hydrogens is 450 g/mol. The number of rotatable bonds is 5. The molecule has 170 valence electrons. The van der Waals surface area contributed by atoms with Gasteiger partial charge in [-0.3, -0.25) is 9.36 Å². The summed E-state index contributed by atoms with van der Waals surface area (Å²) in [5.74, 6) is 1.96. The van der Waals surface area contributed by atoms with Crippen molar-refractivity contribution in [3.8, 4) is 11.4 Å². The van der Waals surface area contributed by atoms with E-state index in [1.54, 1.807) is 31.2 Å². The molecule has 0 fully saturated rings. The number of anilines is 1. The second-order valence-corrected chi connectivity index (χ2v) is 8.43. The van der Waals surface area contributed by atoms with Gasteiger partial charge in [-0.15, -0.1) is 10.2 Å². The first-order valence-electron chi connectivity index (χ1n) is 10.8. The SMILES string of the molecule is COc1ccc(C(C)=O)cc1CN1N=C(c2ccc(Cl)cc2)c2ccccc2-n2c(C)nnc21. The highest BCUT2D eigenvalue weighted by Crippen LogP contribution is 2.32. The number of ether oxygens (including phenoxy) is 1. The molecule has 1 aromatic heterocycles. The number of carbonyl (C=O) groups is 1. The van der Waals surface area contributed by atoms with Gasteiger partial charge in [-0.25, -0.2) is 5.01 Å². The fraction of sp³-hybridized carbons (Fsp3) is 0.154. The van der Waals surface area contributed by atoms with Gasteiger partial charge in [-0.05, 0) is 50.2 Å². The molecule has 34 heavy (non-hydrogen) atoms. The van der Waals surface area contributed by atoms with E-state index in [2.05, 4.69) is 10.2 Å². The zero-order valence-electron chi connectivity index (χ0n) is 19.0. The Labute approximate surface area is 202 Å². The number of fused-ring (bicyclic) bond motifs is 3. The van der Waals surface area contributed by atoms with Gasteiger partial charge in [0, 0.05) is 27.3 Å². The molecule has 1 aliphatic rings. The second-order valence-electron chi connectivity index (χ2n) is 8.00. The number of hydrogen-bond donors (Lipinski definition) is 0. The normalized spacial score (nSPS) is 12.5. The van der Waals surface area contributed by atoms with E-state index in [1.165, 1.54) is 0 Å². The lowest BCUT2D eigenvalue weighted by atomic mass is 10.0. The predicted molar refractivity (Wildman–Crippen MR) is 132 cm³/mol. The predicted octanol–water partition coefficient (Wildman–Crippen LogP) is 5.21. The molecule has 0 N–H and O–H groups in total. The Morgan fingerprint density at radius 2 is 1.79 bits per heavy atom. The van der Waals surface area contributed by atoms with Crippen LogP contribution in [-0.4, -0.2) is 33.4 Å². The average Bonchev–Trinajstić information content (AvgIpc) is 3.16. The Morgan fingerprint density at radius 3 is 2.53 bits per heavy atom. The zero-order valence-corrected chi connectivity index (χ0v) is 19.7. The minimum absolute atomic E-state index is 0.0171. The fourth-order valence-electron chi connectivity index (χ4n) is 4.10. The first-order chi connectivity index (χ1) is 16.5. The summed E-state index contributed by atoms with van der Waals surface area (Å²) in [5.41, 5.74) is 4.99. The molecule has 8 heteroatoms. The molecule has 1 aliphatic heterocycles. The standard InChI is InChI=1S/C26H22ClN5O2/c1-16(33)19-10-13-24(34-3)20(14-19)15-31-26-29-28-17(2)32(26)23-7-5-4-6-22(23)25(30-31)18-8-11-21(27)12-9-18/h4-14H,15H2,1-3H3. The monoisotopic (exact) mass is 471 g/mol. The number of carbonyl (C=O) groups excluding carboxylic acids is 1. The topological polar surface area (TPSA) is 72.6 Å². The molecule has 0 amide bonds. The van der Waals surface area contributed by atoms with Gasteiger partial charge in [0.25, 0.3) is 5.95 Å². The highest BCUT2D eigenvalue weighted by atomic mass is 35.5. The van der Waals surface area contributed by atoms with Crippen LogP contribution in [0.3, 0.4) is 0 Å². The van der Waals surface area contributed by atoms with Crippen molar-refractivity contribution in [2.75, 3.05) is 12.1 Å². The van der Waals surface area contributed by atoms with Gasteiger partial charge < -0.3 is 4.74 Å². The number of halogens is 1. The molecule has 4 aromatic rings. The van der Waals surface area contributed by atoms with E-state index in [0.717, 1.165) is 33.9 Å². The molecule has 0 saturated heterocycles. The highest BCUT2D eigenvalue weighted by molar-refractivity contribution is 6.30. The van der Waals surface area contributed by atoms with Gasteiger partial charge >= 0.3 is 0 Å². The van der Waals surface area contributed by atoms with E-state index in [1.807, 2.05) is 66.1 Å². The summed E-state index contributed by atoms with van der Waals surface area (Å²) in [6, 6.07) is 21.0. The van der Waals surface area contributed by atoms with E-state index in [4.69, 9.17) is 21.4 Å². The second kappa shape index (κ2) is 8.76. The maximum atomic E-state index is 12.0. The maximum Gasteiger partial charge on any atom is 0.252 e. The van der Waals surface area contributed by atoms with Crippen LogP contribution in [0.25, 0.3) is 5.69 Å². The molecule has 0 bridgehead atoms. The molecule has 5 rings (SSSR count). The van der Waals surface area contributed by atoms with Gasteiger partial charge in [0.15, 0.2) is 5.78 Å². The molecule has 2 heterocycles. The number of benzene rings is 3. The largest absolute Gasteiger partial charge is 0.496 e. The summed E-state index contributed by atoms with van der Waals surface area (Å²) >= 11 is 6.16. The van der Waals surface area contributed by atoms with Gasteiger partial charge in [-0.1, -0.05) is 41.9 Å². The van der Waals surface area contributed by atoms with Crippen LogP contribution in [-0.2, 0) is 6.54 Å². The van der Waals surface area contributed by atoms with Crippen molar-refractivity contribution in [3.05, 3.63) is 99.8 Å². The lowest BCUT2D eigenvalue weighted by molar-refractivity contribution is 0.101. The third kappa shape index (κ3) is 3.84. The van der Waals surface area contributed by atoms with E-state index >= 15 is 0 Å². The summed E-state index contributed by atoms with van der Waals surface area (Å²) in [7, 11) is 1.61. The van der Waals surface area contributed by atoms with Crippen molar-refractivity contribution in [2.45, 2.75) is 20.4 Å². The third-order valence-corrected chi connectivity index (χ3v) is 6.04. The molecule has 0 radical (unpaired) electrons. The van der Waals surface area contributed by atoms with Crippen molar-refractivity contribution in [1.82, 2.24) is 14.8 Å². The molecular formula is C26H22ClN5O2. The van der Waals surface area contributed by atoms with Crippen molar-refractivity contribution >= 4 is 29.0 Å². The summed E-state index contributed by atoms with van der Waals surface area (Å²) in [5, 5.41) is 16.3. The Hall–Kier alpha value is -3.97.